The Morgan fingerprint density at radius 2 is 1.93 bits per heavy atom. The largest absolute Gasteiger partial charge is 0.465 e. The van der Waals surface area contributed by atoms with Gasteiger partial charge < -0.3 is 4.74 Å². The predicted octanol–water partition coefficient (Wildman–Crippen LogP) is 4.50. The maximum atomic E-state index is 13.5. The summed E-state index contributed by atoms with van der Waals surface area (Å²) in [4.78, 5) is 26.5. The molecule has 1 heterocycles. The number of amides is 1. The average molecular weight is 390 g/mol. The van der Waals surface area contributed by atoms with Crippen molar-refractivity contribution in [1.82, 2.24) is 0 Å². The maximum absolute atomic E-state index is 13.5. The van der Waals surface area contributed by atoms with Crippen LogP contribution in [0.5, 0.6) is 0 Å². The number of benzene rings is 2. The zero-order chi connectivity index (χ0) is 19.7. The molecule has 0 saturated heterocycles. The minimum atomic E-state index is -0.709. The summed E-state index contributed by atoms with van der Waals surface area (Å²) in [5.74, 6) is -2.34. The van der Waals surface area contributed by atoms with E-state index in [-0.39, 0.29) is 16.2 Å². The van der Waals surface area contributed by atoms with Gasteiger partial charge in [0.05, 0.1) is 29.0 Å². The van der Waals surface area contributed by atoms with Gasteiger partial charge in [-0.15, -0.1) is 0 Å². The van der Waals surface area contributed by atoms with E-state index in [1.165, 1.54) is 48.4 Å². The molecule has 138 valence electrons. The van der Waals surface area contributed by atoms with Crippen LogP contribution < -0.4 is 4.90 Å². The first-order valence-corrected chi connectivity index (χ1v) is 8.27. The monoisotopic (exact) mass is 389 g/mol. The van der Waals surface area contributed by atoms with Crippen LogP contribution in [-0.4, -0.2) is 19.0 Å². The number of carbonyl (C=O) groups excluding carboxylic acids is 2. The van der Waals surface area contributed by atoms with Gasteiger partial charge in [-0.25, -0.2) is 13.6 Å². The highest BCUT2D eigenvalue weighted by Crippen LogP contribution is 2.36. The third kappa shape index (κ3) is 3.48. The summed E-state index contributed by atoms with van der Waals surface area (Å²) in [5.41, 5.74) is 1.11. The van der Waals surface area contributed by atoms with Crippen molar-refractivity contribution in [3.05, 3.63) is 81.5 Å². The molecular formula is C20H14ClF2NO3. The van der Waals surface area contributed by atoms with Crippen molar-refractivity contribution >= 4 is 35.2 Å². The topological polar surface area (TPSA) is 46.6 Å². The van der Waals surface area contributed by atoms with Crippen LogP contribution in [0.2, 0.25) is 5.02 Å². The first-order chi connectivity index (χ1) is 12.8. The minimum absolute atomic E-state index is 0.0467. The van der Waals surface area contributed by atoms with Gasteiger partial charge in [0, 0.05) is 5.70 Å². The lowest BCUT2D eigenvalue weighted by molar-refractivity contribution is -0.136. The number of hydrogen-bond donors (Lipinski definition) is 0. The van der Waals surface area contributed by atoms with E-state index < -0.39 is 23.5 Å². The van der Waals surface area contributed by atoms with Crippen LogP contribution in [0.1, 0.15) is 12.5 Å². The maximum Gasteiger partial charge on any atom is 0.340 e. The van der Waals surface area contributed by atoms with Crippen LogP contribution in [0, 0.1) is 11.6 Å². The van der Waals surface area contributed by atoms with Crippen molar-refractivity contribution in [2.24, 2.45) is 0 Å². The molecular weight excluding hydrogens is 376 g/mol. The number of rotatable bonds is 3. The van der Waals surface area contributed by atoms with Gasteiger partial charge in [-0.05, 0) is 48.9 Å². The smallest absolute Gasteiger partial charge is 0.340 e. The van der Waals surface area contributed by atoms with Crippen molar-refractivity contribution < 1.29 is 23.1 Å². The zero-order valence-corrected chi connectivity index (χ0v) is 15.2. The fraction of sp³-hybridized carbons (Fsp3) is 0.100. The van der Waals surface area contributed by atoms with E-state index >= 15 is 0 Å². The molecule has 0 saturated carbocycles. The second kappa shape index (κ2) is 7.32. The Hall–Kier alpha value is -2.99. The number of allylic oxidation sites excluding steroid dienone is 1. The van der Waals surface area contributed by atoms with Gasteiger partial charge in [-0.1, -0.05) is 23.7 Å². The molecule has 0 radical (unpaired) electrons. The first-order valence-electron chi connectivity index (χ1n) is 7.90. The summed E-state index contributed by atoms with van der Waals surface area (Å²) >= 11 is 5.82. The molecule has 27 heavy (non-hydrogen) atoms. The number of methoxy groups -OCH3 is 1. The molecule has 0 aromatic heterocycles. The van der Waals surface area contributed by atoms with Gasteiger partial charge in [0.2, 0.25) is 0 Å². The van der Waals surface area contributed by atoms with Crippen LogP contribution in [0.25, 0.3) is 6.08 Å². The lowest BCUT2D eigenvalue weighted by atomic mass is 10.0. The van der Waals surface area contributed by atoms with Gasteiger partial charge in [0.15, 0.2) is 0 Å². The van der Waals surface area contributed by atoms with Crippen molar-refractivity contribution in [3.63, 3.8) is 0 Å². The van der Waals surface area contributed by atoms with Crippen molar-refractivity contribution in [2.75, 3.05) is 12.0 Å². The second-order valence-corrected chi connectivity index (χ2v) is 6.21. The van der Waals surface area contributed by atoms with E-state index in [1.807, 2.05) is 0 Å². The number of carbonyl (C=O) groups is 2. The molecule has 0 aliphatic carbocycles. The SMILES string of the molecule is COC(=O)C1=C(C)N(c2ccc(F)c(Cl)c2)C(=O)/C1=C\c1cccc(F)c1. The van der Waals surface area contributed by atoms with E-state index in [2.05, 4.69) is 0 Å². The van der Waals surface area contributed by atoms with Crippen molar-refractivity contribution in [2.45, 2.75) is 6.92 Å². The Balaban J connectivity index is 2.15. The number of halogens is 3. The molecule has 1 aliphatic heterocycles. The van der Waals surface area contributed by atoms with Crippen LogP contribution in [0.3, 0.4) is 0 Å². The Morgan fingerprint density at radius 1 is 1.19 bits per heavy atom. The normalized spacial score (nSPS) is 15.7. The van der Waals surface area contributed by atoms with E-state index in [0.717, 1.165) is 6.07 Å². The van der Waals surface area contributed by atoms with Crippen LogP contribution in [0.15, 0.2) is 59.3 Å². The zero-order valence-electron chi connectivity index (χ0n) is 14.4. The molecule has 0 unspecified atom stereocenters. The predicted molar refractivity (Wildman–Crippen MR) is 98.0 cm³/mol. The summed E-state index contributed by atoms with van der Waals surface area (Å²) in [6, 6.07) is 9.40. The molecule has 0 spiro atoms. The van der Waals surface area contributed by atoms with Crippen molar-refractivity contribution in [3.8, 4) is 0 Å². The third-order valence-corrected chi connectivity index (χ3v) is 4.40. The minimum Gasteiger partial charge on any atom is -0.465 e. The second-order valence-electron chi connectivity index (χ2n) is 5.80. The van der Waals surface area contributed by atoms with Crippen LogP contribution in [-0.2, 0) is 14.3 Å². The van der Waals surface area contributed by atoms with Gasteiger partial charge in [0.1, 0.15) is 11.6 Å². The van der Waals surface area contributed by atoms with Crippen LogP contribution in [0.4, 0.5) is 14.5 Å². The van der Waals surface area contributed by atoms with E-state index in [9.17, 15) is 18.4 Å². The van der Waals surface area contributed by atoms with Crippen molar-refractivity contribution in [1.29, 1.82) is 0 Å². The number of ether oxygens (including phenoxy) is 1. The summed E-state index contributed by atoms with van der Waals surface area (Å²) < 4.78 is 31.8. The highest BCUT2D eigenvalue weighted by atomic mass is 35.5. The summed E-state index contributed by atoms with van der Waals surface area (Å²) in [5, 5.41) is -0.157. The number of esters is 1. The Morgan fingerprint density at radius 3 is 2.56 bits per heavy atom. The molecule has 0 fully saturated rings. The molecule has 7 heteroatoms. The fourth-order valence-corrected chi connectivity index (χ4v) is 3.05. The lowest BCUT2D eigenvalue weighted by Gasteiger charge is -2.18. The van der Waals surface area contributed by atoms with E-state index in [0.29, 0.717) is 16.9 Å². The highest BCUT2D eigenvalue weighted by Gasteiger charge is 2.38. The summed E-state index contributed by atoms with van der Waals surface area (Å²) in [6.45, 7) is 1.56. The van der Waals surface area contributed by atoms with E-state index in [1.54, 1.807) is 13.0 Å². The number of nitrogens with zero attached hydrogens (tertiary/aromatic N) is 1. The van der Waals surface area contributed by atoms with Crippen LogP contribution >= 0.6 is 11.6 Å². The molecule has 2 aromatic rings. The summed E-state index contributed by atoms with van der Waals surface area (Å²) in [6.07, 6.45) is 1.41. The first kappa shape index (κ1) is 18.8. The standard InChI is InChI=1S/C20H14ClF2NO3/c1-11-18(20(26)27-2)15(9-12-4-3-5-13(22)8-12)19(25)24(11)14-6-7-17(23)16(21)10-14/h3-10H,1-2H3/b15-9-. The molecule has 0 N–H and O–H groups in total. The quantitative estimate of drug-likeness (QED) is 0.573. The fourth-order valence-electron chi connectivity index (χ4n) is 2.88. The van der Waals surface area contributed by atoms with Gasteiger partial charge in [-0.2, -0.15) is 0 Å². The molecule has 2 aromatic carbocycles. The van der Waals surface area contributed by atoms with Gasteiger partial charge in [-0.3, -0.25) is 9.69 Å². The Kier molecular flexibility index (Phi) is 5.10. The van der Waals surface area contributed by atoms with Gasteiger partial charge in [0.25, 0.3) is 5.91 Å². The number of hydrogen-bond acceptors (Lipinski definition) is 3. The molecule has 1 amide bonds. The lowest BCUT2D eigenvalue weighted by Crippen LogP contribution is -2.24. The van der Waals surface area contributed by atoms with E-state index in [4.69, 9.17) is 16.3 Å². The Bertz CT molecular complexity index is 1010. The summed E-state index contributed by atoms with van der Waals surface area (Å²) in [7, 11) is 1.20. The highest BCUT2D eigenvalue weighted by molar-refractivity contribution is 6.31. The average Bonchev–Trinajstić information content (AvgIpc) is 2.87. The van der Waals surface area contributed by atoms with Gasteiger partial charge >= 0.3 is 5.97 Å². The molecule has 3 rings (SSSR count). The molecule has 1 aliphatic rings. The molecule has 0 bridgehead atoms. The number of anilines is 1. The Labute approximate surface area is 159 Å². The molecule has 0 atom stereocenters. The third-order valence-electron chi connectivity index (χ3n) is 4.11. The molecule has 4 nitrogen and oxygen atoms in total.